The Kier molecular flexibility index (Phi) is 2.37. The van der Waals surface area contributed by atoms with Crippen molar-refractivity contribution in [2.45, 2.75) is 45.2 Å². The summed E-state index contributed by atoms with van der Waals surface area (Å²) in [6.45, 7) is 10.8. The van der Waals surface area contributed by atoms with Gasteiger partial charge in [0.2, 0.25) is 0 Å². The van der Waals surface area contributed by atoms with Gasteiger partial charge in [-0.25, -0.2) is 0 Å². The van der Waals surface area contributed by atoms with E-state index in [1.807, 2.05) is 0 Å². The zero-order valence-corrected chi connectivity index (χ0v) is 9.14. The van der Waals surface area contributed by atoms with Crippen LogP contribution in [0.4, 0.5) is 0 Å². The second-order valence-corrected chi connectivity index (χ2v) is 5.11. The van der Waals surface area contributed by atoms with Crippen LogP contribution in [0.3, 0.4) is 0 Å². The number of hydrogen-bond acceptors (Lipinski definition) is 2. The van der Waals surface area contributed by atoms with Crippen LogP contribution in [0.2, 0.25) is 0 Å². The normalized spacial score (nSPS) is 29.5. The van der Waals surface area contributed by atoms with Crippen LogP contribution in [0.25, 0.3) is 0 Å². The van der Waals surface area contributed by atoms with E-state index in [9.17, 15) is 0 Å². The number of nitrogens with one attached hydrogen (secondary N) is 1. The van der Waals surface area contributed by atoms with Gasteiger partial charge in [-0.15, -0.1) is 0 Å². The molecule has 2 heteroatoms. The maximum absolute atomic E-state index is 3.43. The monoisotopic (exact) mass is 182 g/mol. The summed E-state index contributed by atoms with van der Waals surface area (Å²) in [6, 6.07) is 0.754. The van der Waals surface area contributed by atoms with Crippen LogP contribution in [0.1, 0.15) is 33.6 Å². The van der Waals surface area contributed by atoms with E-state index in [2.05, 4.69) is 31.0 Å². The smallest absolute Gasteiger partial charge is 0.0461 e. The lowest BCUT2D eigenvalue weighted by molar-refractivity contribution is 0.0296. The molecule has 1 unspecified atom stereocenters. The van der Waals surface area contributed by atoms with Crippen molar-refractivity contribution in [2.75, 3.05) is 19.6 Å². The average molecular weight is 182 g/mol. The second kappa shape index (κ2) is 3.25. The third kappa shape index (κ3) is 1.40. The van der Waals surface area contributed by atoms with Crippen molar-refractivity contribution in [1.29, 1.82) is 0 Å². The highest BCUT2D eigenvalue weighted by Crippen LogP contribution is 2.35. The van der Waals surface area contributed by atoms with Crippen LogP contribution in [0, 0.1) is 5.92 Å². The van der Waals surface area contributed by atoms with Crippen LogP contribution < -0.4 is 5.32 Å². The molecule has 2 aliphatic heterocycles. The summed E-state index contributed by atoms with van der Waals surface area (Å²) in [6.07, 6.45) is 2.82. The number of nitrogens with zero attached hydrogens (tertiary/aromatic N) is 1. The van der Waals surface area contributed by atoms with Gasteiger partial charge < -0.3 is 5.32 Å². The molecule has 0 bridgehead atoms. The Bertz CT molecular complexity index is 185. The summed E-state index contributed by atoms with van der Waals surface area (Å²) in [5.41, 5.74) is 0.559. The predicted octanol–water partition coefficient (Wildman–Crippen LogP) is 1.47. The van der Waals surface area contributed by atoms with Crippen LogP contribution in [-0.4, -0.2) is 36.1 Å². The third-order valence-corrected chi connectivity index (χ3v) is 4.01. The fourth-order valence-corrected chi connectivity index (χ4v) is 2.75. The van der Waals surface area contributed by atoms with Crippen molar-refractivity contribution in [3.63, 3.8) is 0 Å². The molecule has 0 aromatic rings. The zero-order valence-electron chi connectivity index (χ0n) is 9.14. The summed E-state index contributed by atoms with van der Waals surface area (Å²) >= 11 is 0. The first-order valence-electron chi connectivity index (χ1n) is 5.63. The molecule has 2 aliphatic rings. The van der Waals surface area contributed by atoms with Gasteiger partial charge in [-0.2, -0.15) is 0 Å². The van der Waals surface area contributed by atoms with Gasteiger partial charge in [0.15, 0.2) is 0 Å². The molecule has 2 fully saturated rings. The van der Waals surface area contributed by atoms with Gasteiger partial charge in [-0.05, 0) is 32.2 Å². The Morgan fingerprint density at radius 3 is 2.38 bits per heavy atom. The molecule has 2 heterocycles. The fraction of sp³-hybridized carbons (Fsp3) is 1.00. The molecular weight excluding hydrogens is 160 g/mol. The standard InChI is InChI=1S/C11H22N2/c1-9(2)10(3)13-6-4-5-11(13)7-12-8-11/h9-10,12H,4-8H2,1-3H3. The Balaban J connectivity index is 2.05. The highest BCUT2D eigenvalue weighted by atomic mass is 15.3. The number of hydrogen-bond donors (Lipinski definition) is 1. The molecule has 0 aliphatic carbocycles. The maximum Gasteiger partial charge on any atom is 0.0461 e. The molecule has 1 atom stereocenters. The SMILES string of the molecule is CC(C)C(C)N1CCCC12CNC2. The lowest BCUT2D eigenvalue weighted by Gasteiger charge is -2.50. The van der Waals surface area contributed by atoms with Gasteiger partial charge in [0, 0.05) is 24.7 Å². The highest BCUT2D eigenvalue weighted by Gasteiger charge is 2.47. The molecule has 0 aromatic carbocycles. The van der Waals surface area contributed by atoms with E-state index in [1.165, 1.54) is 32.5 Å². The minimum atomic E-state index is 0.559. The molecule has 0 radical (unpaired) electrons. The van der Waals surface area contributed by atoms with Crippen molar-refractivity contribution in [3.8, 4) is 0 Å². The lowest BCUT2D eigenvalue weighted by Crippen LogP contribution is -2.68. The second-order valence-electron chi connectivity index (χ2n) is 5.11. The van der Waals surface area contributed by atoms with Gasteiger partial charge in [-0.3, -0.25) is 4.90 Å². The van der Waals surface area contributed by atoms with Crippen molar-refractivity contribution in [3.05, 3.63) is 0 Å². The van der Waals surface area contributed by atoms with Gasteiger partial charge >= 0.3 is 0 Å². The number of likely N-dealkylation sites (tertiary alicyclic amines) is 1. The van der Waals surface area contributed by atoms with Gasteiger partial charge in [-0.1, -0.05) is 13.8 Å². The van der Waals surface area contributed by atoms with Crippen LogP contribution in [0.5, 0.6) is 0 Å². The van der Waals surface area contributed by atoms with E-state index in [0.29, 0.717) is 5.54 Å². The highest BCUT2D eigenvalue weighted by molar-refractivity contribution is 5.07. The lowest BCUT2D eigenvalue weighted by atomic mass is 9.87. The van der Waals surface area contributed by atoms with E-state index < -0.39 is 0 Å². The Labute approximate surface area is 81.7 Å². The van der Waals surface area contributed by atoms with Gasteiger partial charge in [0.05, 0.1) is 0 Å². The molecule has 0 aromatic heterocycles. The molecule has 2 rings (SSSR count). The summed E-state index contributed by atoms with van der Waals surface area (Å²) in [5, 5.41) is 3.43. The summed E-state index contributed by atoms with van der Waals surface area (Å²) in [5.74, 6) is 0.788. The van der Waals surface area contributed by atoms with Crippen LogP contribution in [0.15, 0.2) is 0 Å². The third-order valence-electron chi connectivity index (χ3n) is 4.01. The van der Waals surface area contributed by atoms with Crippen LogP contribution >= 0.6 is 0 Å². The first-order chi connectivity index (χ1) is 6.16. The molecule has 0 saturated carbocycles. The Morgan fingerprint density at radius 2 is 1.92 bits per heavy atom. The van der Waals surface area contributed by atoms with Crippen LogP contribution in [-0.2, 0) is 0 Å². The fourth-order valence-electron chi connectivity index (χ4n) is 2.75. The molecule has 2 nitrogen and oxygen atoms in total. The minimum absolute atomic E-state index is 0.559. The van der Waals surface area contributed by atoms with Gasteiger partial charge in [0.1, 0.15) is 0 Å². The topological polar surface area (TPSA) is 15.3 Å². The van der Waals surface area contributed by atoms with E-state index >= 15 is 0 Å². The molecule has 13 heavy (non-hydrogen) atoms. The average Bonchev–Trinajstić information content (AvgIpc) is 2.44. The first-order valence-corrected chi connectivity index (χ1v) is 5.63. The zero-order chi connectivity index (χ0) is 9.47. The molecule has 1 N–H and O–H groups in total. The molecule has 1 spiro atoms. The summed E-state index contributed by atoms with van der Waals surface area (Å²) in [4.78, 5) is 2.74. The van der Waals surface area contributed by atoms with E-state index in [4.69, 9.17) is 0 Å². The van der Waals surface area contributed by atoms with Crippen molar-refractivity contribution < 1.29 is 0 Å². The quantitative estimate of drug-likeness (QED) is 0.695. The van der Waals surface area contributed by atoms with E-state index in [-0.39, 0.29) is 0 Å². The van der Waals surface area contributed by atoms with E-state index in [0.717, 1.165) is 12.0 Å². The number of rotatable bonds is 2. The molecule has 0 amide bonds. The Morgan fingerprint density at radius 1 is 1.23 bits per heavy atom. The summed E-state index contributed by atoms with van der Waals surface area (Å²) in [7, 11) is 0. The Hall–Kier alpha value is -0.0800. The van der Waals surface area contributed by atoms with Crippen molar-refractivity contribution >= 4 is 0 Å². The van der Waals surface area contributed by atoms with Crippen molar-refractivity contribution in [2.24, 2.45) is 5.92 Å². The van der Waals surface area contributed by atoms with E-state index in [1.54, 1.807) is 0 Å². The molecule has 2 saturated heterocycles. The maximum atomic E-state index is 3.43. The predicted molar refractivity (Wildman–Crippen MR) is 55.8 cm³/mol. The summed E-state index contributed by atoms with van der Waals surface area (Å²) < 4.78 is 0. The molecule has 76 valence electrons. The largest absolute Gasteiger partial charge is 0.313 e. The van der Waals surface area contributed by atoms with Gasteiger partial charge in [0.25, 0.3) is 0 Å². The van der Waals surface area contributed by atoms with Crippen molar-refractivity contribution in [1.82, 2.24) is 10.2 Å². The molecular formula is C11H22N2. The first kappa shape index (κ1) is 9.47. The minimum Gasteiger partial charge on any atom is -0.313 e.